The van der Waals surface area contributed by atoms with Crippen LogP contribution in [0.25, 0.3) is 0 Å². The summed E-state index contributed by atoms with van der Waals surface area (Å²) in [6.45, 7) is 2.95. The molecule has 0 unspecified atom stereocenters. The van der Waals surface area contributed by atoms with Gasteiger partial charge in [-0.2, -0.15) is 0 Å². The number of halogens is 1. The Labute approximate surface area is 125 Å². The maximum atomic E-state index is 5.96. The molecule has 2 aromatic heterocycles. The van der Waals surface area contributed by atoms with Gasteiger partial charge in [-0.3, -0.25) is 0 Å². The van der Waals surface area contributed by atoms with Gasteiger partial charge in [0.25, 0.3) is 0 Å². The maximum absolute atomic E-state index is 5.96. The van der Waals surface area contributed by atoms with Gasteiger partial charge in [0.05, 0.1) is 6.54 Å². The van der Waals surface area contributed by atoms with Gasteiger partial charge in [0.1, 0.15) is 18.0 Å². The van der Waals surface area contributed by atoms with Crippen LogP contribution >= 0.6 is 27.3 Å². The topological polar surface area (TPSA) is 55.0 Å². The Balaban J connectivity index is 2.23. The third-order valence-electron chi connectivity index (χ3n) is 2.83. The molecule has 0 radical (unpaired) electrons. The van der Waals surface area contributed by atoms with Gasteiger partial charge in [-0.25, -0.2) is 9.97 Å². The van der Waals surface area contributed by atoms with Crippen LogP contribution in [0.1, 0.15) is 23.8 Å². The number of hydrogen-bond donors (Lipinski definition) is 1. The minimum Gasteiger partial charge on any atom is -0.383 e. The highest BCUT2D eigenvalue weighted by molar-refractivity contribution is 9.10. The quantitative estimate of drug-likeness (QED) is 0.905. The van der Waals surface area contributed by atoms with Crippen LogP contribution in [-0.4, -0.2) is 17.0 Å². The first-order valence-corrected chi connectivity index (χ1v) is 7.82. The van der Waals surface area contributed by atoms with Gasteiger partial charge >= 0.3 is 0 Å². The first-order chi connectivity index (χ1) is 9.11. The highest BCUT2D eigenvalue weighted by Gasteiger charge is 2.13. The second kappa shape index (κ2) is 6.34. The Kier molecular flexibility index (Phi) is 4.76. The van der Waals surface area contributed by atoms with Crippen molar-refractivity contribution in [2.24, 2.45) is 0 Å². The predicted molar refractivity (Wildman–Crippen MR) is 84.6 cm³/mol. The molecule has 2 N–H and O–H groups in total. The lowest BCUT2D eigenvalue weighted by molar-refractivity contribution is 0.852. The van der Waals surface area contributed by atoms with Gasteiger partial charge in [-0.1, -0.05) is 13.3 Å². The third-order valence-corrected chi connectivity index (χ3v) is 4.51. The van der Waals surface area contributed by atoms with Crippen molar-refractivity contribution in [2.45, 2.75) is 26.3 Å². The smallest absolute Gasteiger partial charge is 0.137 e. The Bertz CT molecular complexity index is 555. The van der Waals surface area contributed by atoms with Crippen molar-refractivity contribution >= 4 is 38.9 Å². The number of aromatic nitrogens is 2. The molecule has 0 amide bonds. The normalized spacial score (nSPS) is 10.7. The van der Waals surface area contributed by atoms with Crippen LogP contribution in [0.2, 0.25) is 0 Å². The molecule has 2 aromatic rings. The zero-order valence-electron chi connectivity index (χ0n) is 11.1. The van der Waals surface area contributed by atoms with Crippen molar-refractivity contribution in [3.63, 3.8) is 0 Å². The minimum atomic E-state index is 0.589. The molecular formula is C13H17BrN4S. The summed E-state index contributed by atoms with van der Waals surface area (Å²) < 4.78 is 1.12. The summed E-state index contributed by atoms with van der Waals surface area (Å²) >= 11 is 5.21. The summed E-state index contributed by atoms with van der Waals surface area (Å²) in [5, 5.41) is 2.09. The molecule has 0 bridgehead atoms. The van der Waals surface area contributed by atoms with E-state index in [9.17, 15) is 0 Å². The zero-order chi connectivity index (χ0) is 13.8. The van der Waals surface area contributed by atoms with Crippen molar-refractivity contribution in [1.29, 1.82) is 0 Å². The summed E-state index contributed by atoms with van der Waals surface area (Å²) in [6, 6.07) is 2.13. The van der Waals surface area contributed by atoms with Crippen molar-refractivity contribution in [3.8, 4) is 0 Å². The van der Waals surface area contributed by atoms with Gasteiger partial charge in [-0.05, 0) is 28.4 Å². The number of hydrogen-bond acceptors (Lipinski definition) is 5. The van der Waals surface area contributed by atoms with Crippen molar-refractivity contribution in [3.05, 3.63) is 32.7 Å². The molecule has 19 heavy (non-hydrogen) atoms. The molecule has 0 spiro atoms. The van der Waals surface area contributed by atoms with Crippen LogP contribution in [0.3, 0.4) is 0 Å². The number of nitrogen functional groups attached to an aromatic ring is 1. The number of rotatable bonds is 5. The highest BCUT2D eigenvalue weighted by atomic mass is 79.9. The van der Waals surface area contributed by atoms with Crippen molar-refractivity contribution in [2.75, 3.05) is 17.7 Å². The molecule has 0 aromatic carbocycles. The molecule has 102 valence electrons. The fourth-order valence-corrected chi connectivity index (χ4v) is 3.48. The molecular weight excluding hydrogens is 324 g/mol. The SMILES string of the molecule is CCCc1c(N)ncnc1N(C)Cc1cc(Br)cs1. The molecule has 0 aliphatic carbocycles. The predicted octanol–water partition coefficient (Wildman–Crippen LogP) is 3.47. The fraction of sp³-hybridized carbons (Fsp3) is 0.385. The minimum absolute atomic E-state index is 0.589. The third kappa shape index (κ3) is 3.45. The van der Waals surface area contributed by atoms with E-state index in [4.69, 9.17) is 5.73 Å². The molecule has 0 aliphatic rings. The number of thiophene rings is 1. The Morgan fingerprint density at radius 3 is 2.84 bits per heavy atom. The van der Waals surface area contributed by atoms with E-state index in [2.05, 4.69) is 49.2 Å². The maximum Gasteiger partial charge on any atom is 0.137 e. The average molecular weight is 341 g/mol. The first-order valence-electron chi connectivity index (χ1n) is 6.15. The standard InChI is InChI=1S/C13H17BrN4S/c1-3-4-11-12(15)16-8-17-13(11)18(2)6-10-5-9(14)7-19-10/h5,7-8H,3-4,6H2,1-2H3,(H2,15,16,17). The molecule has 4 nitrogen and oxygen atoms in total. The van der Waals surface area contributed by atoms with Crippen LogP contribution < -0.4 is 10.6 Å². The van der Waals surface area contributed by atoms with E-state index in [-0.39, 0.29) is 0 Å². The molecule has 6 heteroatoms. The van der Waals surface area contributed by atoms with E-state index in [0.717, 1.165) is 35.2 Å². The lowest BCUT2D eigenvalue weighted by Crippen LogP contribution is -2.20. The lowest BCUT2D eigenvalue weighted by Gasteiger charge is -2.20. The van der Waals surface area contributed by atoms with Crippen LogP contribution in [0, 0.1) is 0 Å². The zero-order valence-corrected chi connectivity index (χ0v) is 13.5. The fourth-order valence-electron chi connectivity index (χ4n) is 1.98. The molecule has 2 heterocycles. The van der Waals surface area contributed by atoms with Crippen LogP contribution in [0.15, 0.2) is 22.2 Å². The van der Waals surface area contributed by atoms with Crippen LogP contribution in [0.4, 0.5) is 11.6 Å². The van der Waals surface area contributed by atoms with E-state index in [1.165, 1.54) is 11.2 Å². The van der Waals surface area contributed by atoms with Crippen LogP contribution in [-0.2, 0) is 13.0 Å². The van der Waals surface area contributed by atoms with Gasteiger partial charge < -0.3 is 10.6 Å². The summed E-state index contributed by atoms with van der Waals surface area (Å²) in [4.78, 5) is 11.9. The largest absolute Gasteiger partial charge is 0.383 e. The monoisotopic (exact) mass is 340 g/mol. The van der Waals surface area contributed by atoms with Gasteiger partial charge in [-0.15, -0.1) is 11.3 Å². The van der Waals surface area contributed by atoms with E-state index in [1.807, 2.05) is 7.05 Å². The van der Waals surface area contributed by atoms with Crippen LogP contribution in [0.5, 0.6) is 0 Å². The van der Waals surface area contributed by atoms with E-state index in [0.29, 0.717) is 5.82 Å². The lowest BCUT2D eigenvalue weighted by atomic mass is 10.1. The Morgan fingerprint density at radius 1 is 1.42 bits per heavy atom. The highest BCUT2D eigenvalue weighted by Crippen LogP contribution is 2.26. The molecule has 0 atom stereocenters. The number of nitrogens with two attached hydrogens (primary N) is 1. The first kappa shape index (κ1) is 14.3. The van der Waals surface area contributed by atoms with Gasteiger partial charge in [0.2, 0.25) is 0 Å². The Morgan fingerprint density at radius 2 is 2.21 bits per heavy atom. The average Bonchev–Trinajstić information content (AvgIpc) is 2.77. The summed E-state index contributed by atoms with van der Waals surface area (Å²) in [5.41, 5.74) is 7.00. The van der Waals surface area contributed by atoms with Gasteiger partial charge in [0, 0.05) is 27.3 Å². The second-order valence-corrected chi connectivity index (χ2v) is 6.31. The van der Waals surface area contributed by atoms with Crippen molar-refractivity contribution < 1.29 is 0 Å². The summed E-state index contributed by atoms with van der Waals surface area (Å²) in [7, 11) is 2.04. The summed E-state index contributed by atoms with van der Waals surface area (Å²) in [6.07, 6.45) is 3.47. The van der Waals surface area contributed by atoms with E-state index in [1.54, 1.807) is 11.3 Å². The van der Waals surface area contributed by atoms with Crippen molar-refractivity contribution in [1.82, 2.24) is 9.97 Å². The molecule has 0 aliphatic heterocycles. The van der Waals surface area contributed by atoms with E-state index >= 15 is 0 Å². The number of anilines is 2. The number of nitrogens with zero attached hydrogens (tertiary/aromatic N) is 3. The molecule has 0 saturated heterocycles. The molecule has 0 saturated carbocycles. The van der Waals surface area contributed by atoms with Gasteiger partial charge in [0.15, 0.2) is 0 Å². The molecule has 0 fully saturated rings. The molecule has 2 rings (SSSR count). The summed E-state index contributed by atoms with van der Waals surface area (Å²) in [5.74, 6) is 1.52. The van der Waals surface area contributed by atoms with E-state index < -0.39 is 0 Å². The Hall–Kier alpha value is -1.14. The second-order valence-electron chi connectivity index (χ2n) is 4.40.